The van der Waals surface area contributed by atoms with E-state index < -0.39 is 0 Å². The third kappa shape index (κ3) is 2.35. The van der Waals surface area contributed by atoms with Gasteiger partial charge in [0.05, 0.1) is 5.69 Å². The first-order valence-corrected chi connectivity index (χ1v) is 6.84. The SMILES string of the molecule is CN1CC2CCCCC2OC1=Nc1ccccc1. The molecule has 1 aromatic carbocycles. The molecule has 2 unspecified atom stereocenters. The van der Waals surface area contributed by atoms with Gasteiger partial charge in [0.25, 0.3) is 6.02 Å². The van der Waals surface area contributed by atoms with E-state index in [1.54, 1.807) is 0 Å². The van der Waals surface area contributed by atoms with Crippen LogP contribution in [0.2, 0.25) is 0 Å². The lowest BCUT2D eigenvalue weighted by Gasteiger charge is -2.41. The van der Waals surface area contributed by atoms with E-state index in [0.717, 1.165) is 18.3 Å². The lowest BCUT2D eigenvalue weighted by molar-refractivity contribution is 0.0197. The van der Waals surface area contributed by atoms with Gasteiger partial charge in [0.2, 0.25) is 0 Å². The van der Waals surface area contributed by atoms with Crippen LogP contribution in [0.25, 0.3) is 0 Å². The molecule has 1 saturated carbocycles. The zero-order valence-corrected chi connectivity index (χ0v) is 10.9. The van der Waals surface area contributed by atoms with Crippen molar-refractivity contribution in [2.24, 2.45) is 10.9 Å². The maximum Gasteiger partial charge on any atom is 0.292 e. The lowest BCUT2D eigenvalue weighted by Crippen LogP contribution is -2.48. The van der Waals surface area contributed by atoms with Crippen molar-refractivity contribution < 1.29 is 4.74 Å². The predicted molar refractivity (Wildman–Crippen MR) is 73.0 cm³/mol. The first kappa shape index (κ1) is 11.6. The van der Waals surface area contributed by atoms with E-state index in [1.165, 1.54) is 25.7 Å². The van der Waals surface area contributed by atoms with Gasteiger partial charge >= 0.3 is 0 Å². The lowest BCUT2D eigenvalue weighted by atomic mass is 9.85. The fourth-order valence-electron chi connectivity index (χ4n) is 2.92. The van der Waals surface area contributed by atoms with Gasteiger partial charge in [-0.2, -0.15) is 4.99 Å². The Balaban J connectivity index is 1.78. The van der Waals surface area contributed by atoms with Crippen molar-refractivity contribution in [1.29, 1.82) is 0 Å². The minimum absolute atomic E-state index is 0.386. The van der Waals surface area contributed by atoms with Crippen molar-refractivity contribution in [2.75, 3.05) is 13.6 Å². The fourth-order valence-corrected chi connectivity index (χ4v) is 2.92. The van der Waals surface area contributed by atoms with Crippen LogP contribution in [-0.2, 0) is 4.74 Å². The number of ether oxygens (including phenoxy) is 1. The standard InChI is InChI=1S/C15H20N2O/c1-17-11-12-7-5-6-10-14(12)18-15(17)16-13-8-3-2-4-9-13/h2-4,8-9,12,14H,5-7,10-11H2,1H3. The zero-order valence-electron chi connectivity index (χ0n) is 10.9. The summed E-state index contributed by atoms with van der Waals surface area (Å²) in [4.78, 5) is 6.76. The molecule has 2 fully saturated rings. The number of benzene rings is 1. The third-order valence-electron chi connectivity index (χ3n) is 3.91. The molecule has 0 bridgehead atoms. The molecule has 0 aromatic heterocycles. The Morgan fingerprint density at radius 3 is 2.78 bits per heavy atom. The summed E-state index contributed by atoms with van der Waals surface area (Å²) in [6.45, 7) is 1.08. The molecular formula is C15H20N2O. The van der Waals surface area contributed by atoms with Crippen LogP contribution in [0.3, 0.4) is 0 Å². The highest BCUT2D eigenvalue weighted by Crippen LogP contribution is 2.31. The number of hydrogen-bond acceptors (Lipinski definition) is 2. The Hall–Kier alpha value is -1.51. The highest BCUT2D eigenvalue weighted by Gasteiger charge is 2.34. The van der Waals surface area contributed by atoms with Crippen LogP contribution in [0, 0.1) is 5.92 Å². The van der Waals surface area contributed by atoms with Crippen LogP contribution in [0.1, 0.15) is 25.7 Å². The Morgan fingerprint density at radius 1 is 1.17 bits per heavy atom. The molecule has 1 heterocycles. The van der Waals surface area contributed by atoms with Gasteiger partial charge in [-0.1, -0.05) is 24.6 Å². The van der Waals surface area contributed by atoms with E-state index in [9.17, 15) is 0 Å². The molecule has 18 heavy (non-hydrogen) atoms. The summed E-state index contributed by atoms with van der Waals surface area (Å²) in [6.07, 6.45) is 5.52. The van der Waals surface area contributed by atoms with Crippen molar-refractivity contribution in [2.45, 2.75) is 31.8 Å². The van der Waals surface area contributed by atoms with Crippen LogP contribution in [0.15, 0.2) is 35.3 Å². The van der Waals surface area contributed by atoms with Gasteiger partial charge in [-0.15, -0.1) is 0 Å². The topological polar surface area (TPSA) is 24.8 Å². The molecule has 1 aliphatic heterocycles. The fraction of sp³-hybridized carbons (Fsp3) is 0.533. The van der Waals surface area contributed by atoms with E-state index in [0.29, 0.717) is 12.0 Å². The second-order valence-electron chi connectivity index (χ2n) is 5.31. The molecule has 3 rings (SSSR count). The van der Waals surface area contributed by atoms with Crippen LogP contribution >= 0.6 is 0 Å². The molecule has 1 saturated heterocycles. The summed E-state index contributed by atoms with van der Waals surface area (Å²) in [5.74, 6) is 0.693. The smallest absolute Gasteiger partial charge is 0.292 e. The van der Waals surface area contributed by atoms with Gasteiger partial charge in [0.15, 0.2) is 0 Å². The number of nitrogens with zero attached hydrogens (tertiary/aromatic N) is 2. The average Bonchev–Trinajstić information content (AvgIpc) is 2.41. The number of aliphatic imine (C=N–C) groups is 1. The van der Waals surface area contributed by atoms with Crippen molar-refractivity contribution in [3.8, 4) is 0 Å². The Bertz CT molecular complexity index is 429. The minimum Gasteiger partial charge on any atom is -0.461 e. The maximum atomic E-state index is 6.08. The Morgan fingerprint density at radius 2 is 1.94 bits per heavy atom. The summed E-state index contributed by atoms with van der Waals surface area (Å²) in [7, 11) is 2.08. The first-order chi connectivity index (χ1) is 8.83. The van der Waals surface area contributed by atoms with Gasteiger partial charge in [0, 0.05) is 19.5 Å². The number of amidine groups is 1. The molecular weight excluding hydrogens is 224 g/mol. The van der Waals surface area contributed by atoms with E-state index >= 15 is 0 Å². The van der Waals surface area contributed by atoms with Gasteiger partial charge < -0.3 is 9.64 Å². The summed E-state index contributed by atoms with van der Waals surface area (Å²) < 4.78 is 6.08. The molecule has 1 aliphatic carbocycles. The van der Waals surface area contributed by atoms with Crippen molar-refractivity contribution in [1.82, 2.24) is 4.90 Å². The van der Waals surface area contributed by atoms with Crippen molar-refractivity contribution in [3.63, 3.8) is 0 Å². The van der Waals surface area contributed by atoms with Gasteiger partial charge in [-0.25, -0.2) is 0 Å². The Kier molecular flexibility index (Phi) is 3.22. The van der Waals surface area contributed by atoms with E-state index in [1.807, 2.05) is 30.3 Å². The monoisotopic (exact) mass is 244 g/mol. The minimum atomic E-state index is 0.386. The maximum absolute atomic E-state index is 6.08. The molecule has 96 valence electrons. The van der Waals surface area contributed by atoms with E-state index in [2.05, 4.69) is 16.9 Å². The van der Waals surface area contributed by atoms with Crippen LogP contribution in [0.4, 0.5) is 5.69 Å². The zero-order chi connectivity index (χ0) is 12.4. The highest BCUT2D eigenvalue weighted by molar-refractivity contribution is 5.77. The first-order valence-electron chi connectivity index (χ1n) is 6.84. The predicted octanol–water partition coefficient (Wildman–Crippen LogP) is 3.19. The second-order valence-corrected chi connectivity index (χ2v) is 5.31. The number of rotatable bonds is 1. The largest absolute Gasteiger partial charge is 0.461 e. The molecule has 2 atom stereocenters. The molecule has 3 nitrogen and oxygen atoms in total. The number of hydrogen-bond donors (Lipinski definition) is 0. The van der Waals surface area contributed by atoms with Gasteiger partial charge in [0.1, 0.15) is 6.10 Å². The molecule has 0 spiro atoms. The third-order valence-corrected chi connectivity index (χ3v) is 3.91. The summed E-state index contributed by atoms with van der Waals surface area (Å²) >= 11 is 0. The average molecular weight is 244 g/mol. The van der Waals surface area contributed by atoms with Crippen molar-refractivity contribution in [3.05, 3.63) is 30.3 Å². The van der Waals surface area contributed by atoms with Crippen molar-refractivity contribution >= 4 is 11.7 Å². The summed E-state index contributed by atoms with van der Waals surface area (Å²) in [5.41, 5.74) is 0.966. The van der Waals surface area contributed by atoms with Gasteiger partial charge in [-0.05, 0) is 31.4 Å². The summed E-state index contributed by atoms with van der Waals surface area (Å²) in [6, 6.07) is 10.8. The second kappa shape index (κ2) is 5.01. The molecule has 0 amide bonds. The quantitative estimate of drug-likeness (QED) is 0.758. The number of para-hydroxylation sites is 1. The molecule has 2 aliphatic rings. The van der Waals surface area contributed by atoms with Crippen LogP contribution in [-0.4, -0.2) is 30.6 Å². The summed E-state index contributed by atoms with van der Waals surface area (Å²) in [5, 5.41) is 0. The highest BCUT2D eigenvalue weighted by atomic mass is 16.5. The van der Waals surface area contributed by atoms with Crippen LogP contribution in [0.5, 0.6) is 0 Å². The molecule has 1 aromatic rings. The van der Waals surface area contributed by atoms with E-state index in [4.69, 9.17) is 4.74 Å². The normalized spacial score (nSPS) is 29.8. The molecule has 3 heteroatoms. The number of fused-ring (bicyclic) bond motifs is 1. The Labute approximate surface area is 108 Å². The molecule has 0 radical (unpaired) electrons. The van der Waals surface area contributed by atoms with Gasteiger partial charge in [-0.3, -0.25) is 0 Å². The van der Waals surface area contributed by atoms with Crippen LogP contribution < -0.4 is 0 Å². The molecule has 0 N–H and O–H groups in total. The van der Waals surface area contributed by atoms with E-state index in [-0.39, 0.29) is 0 Å².